The van der Waals surface area contributed by atoms with Crippen LogP contribution in [0.2, 0.25) is 0 Å². The lowest BCUT2D eigenvalue weighted by molar-refractivity contribution is -0.121. The third-order valence-electron chi connectivity index (χ3n) is 3.41. The predicted molar refractivity (Wildman–Crippen MR) is 78.4 cm³/mol. The number of ether oxygens (including phenoxy) is 1. The van der Waals surface area contributed by atoms with Crippen LogP contribution < -0.4 is 10.6 Å². The molecule has 0 spiro atoms. The van der Waals surface area contributed by atoms with Crippen molar-refractivity contribution in [2.75, 3.05) is 44.9 Å². The van der Waals surface area contributed by atoms with E-state index in [4.69, 9.17) is 4.74 Å². The van der Waals surface area contributed by atoms with Crippen LogP contribution in [0.5, 0.6) is 0 Å². The van der Waals surface area contributed by atoms with E-state index in [1.807, 2.05) is 0 Å². The summed E-state index contributed by atoms with van der Waals surface area (Å²) in [4.78, 5) is 11.6. The molecule has 1 amide bonds. The highest BCUT2D eigenvalue weighted by atomic mass is 32.2. The summed E-state index contributed by atoms with van der Waals surface area (Å²) in [5, 5.41) is 6.10. The summed E-state index contributed by atoms with van der Waals surface area (Å²) >= 11 is 0. The molecule has 0 aliphatic carbocycles. The first-order valence-corrected chi connectivity index (χ1v) is 9.26. The Morgan fingerprint density at radius 3 is 2.65 bits per heavy atom. The molecule has 1 rings (SSSR count). The minimum atomic E-state index is -2.97. The van der Waals surface area contributed by atoms with Gasteiger partial charge in [0.15, 0.2) is 0 Å². The molecule has 118 valence electrons. The molecule has 1 heterocycles. The number of nitrogens with one attached hydrogen (secondary N) is 2. The molecular formula is C13H26N2O4S. The van der Waals surface area contributed by atoms with Crippen LogP contribution in [-0.4, -0.2) is 59.2 Å². The fourth-order valence-corrected chi connectivity index (χ4v) is 2.59. The zero-order valence-electron chi connectivity index (χ0n) is 12.2. The minimum absolute atomic E-state index is 0.0245. The molecule has 0 unspecified atom stereocenters. The van der Waals surface area contributed by atoms with Crippen molar-refractivity contribution in [3.05, 3.63) is 0 Å². The zero-order chi connectivity index (χ0) is 14.8. The topological polar surface area (TPSA) is 84.5 Å². The molecule has 1 fully saturated rings. The molecule has 0 aromatic heterocycles. The van der Waals surface area contributed by atoms with Crippen molar-refractivity contribution in [3.63, 3.8) is 0 Å². The third-order valence-corrected chi connectivity index (χ3v) is 4.31. The maximum absolute atomic E-state index is 11.6. The van der Waals surface area contributed by atoms with E-state index in [2.05, 4.69) is 10.6 Å². The molecule has 1 aliphatic heterocycles. The fourth-order valence-electron chi connectivity index (χ4n) is 2.17. The van der Waals surface area contributed by atoms with E-state index in [-0.39, 0.29) is 18.3 Å². The first-order chi connectivity index (χ1) is 9.47. The summed E-state index contributed by atoms with van der Waals surface area (Å²) in [7, 11) is -2.97. The summed E-state index contributed by atoms with van der Waals surface area (Å²) in [6.07, 6.45) is 5.00. The Morgan fingerprint density at radius 2 is 2.00 bits per heavy atom. The van der Waals surface area contributed by atoms with Gasteiger partial charge < -0.3 is 15.4 Å². The van der Waals surface area contributed by atoms with Gasteiger partial charge in [0.05, 0.1) is 19.0 Å². The molecule has 0 bridgehead atoms. The van der Waals surface area contributed by atoms with Crippen molar-refractivity contribution in [2.24, 2.45) is 5.92 Å². The van der Waals surface area contributed by atoms with Crippen LogP contribution in [0.3, 0.4) is 0 Å². The fraction of sp³-hybridized carbons (Fsp3) is 0.923. The summed E-state index contributed by atoms with van der Waals surface area (Å²) in [5.74, 6) is 0.736. The van der Waals surface area contributed by atoms with E-state index in [0.717, 1.165) is 32.4 Å². The molecule has 20 heavy (non-hydrogen) atoms. The lowest BCUT2D eigenvalue weighted by Crippen LogP contribution is -2.30. The van der Waals surface area contributed by atoms with Gasteiger partial charge in [0.25, 0.3) is 0 Å². The maximum Gasteiger partial charge on any atom is 0.220 e. The maximum atomic E-state index is 11.6. The minimum Gasteiger partial charge on any atom is -0.379 e. The van der Waals surface area contributed by atoms with Crippen molar-refractivity contribution in [1.82, 2.24) is 10.6 Å². The van der Waals surface area contributed by atoms with Gasteiger partial charge in [-0.2, -0.15) is 0 Å². The number of piperidine rings is 1. The summed E-state index contributed by atoms with van der Waals surface area (Å²) in [5.41, 5.74) is 0. The molecule has 2 N–H and O–H groups in total. The Morgan fingerprint density at radius 1 is 1.30 bits per heavy atom. The number of amides is 1. The second kappa shape index (κ2) is 9.31. The normalized spacial score (nSPS) is 17.1. The standard InChI is InChI=1S/C13H26N2O4S/c1-20(17,18)11-10-19-9-8-15-13(16)3-2-12-4-6-14-7-5-12/h12,14H,2-11H2,1H3,(H,15,16). The quantitative estimate of drug-likeness (QED) is 0.583. The molecule has 1 saturated heterocycles. The van der Waals surface area contributed by atoms with Gasteiger partial charge in [-0.3, -0.25) is 4.79 Å². The van der Waals surface area contributed by atoms with Crippen molar-refractivity contribution >= 4 is 15.7 Å². The first kappa shape index (κ1) is 17.4. The van der Waals surface area contributed by atoms with Crippen molar-refractivity contribution in [2.45, 2.75) is 25.7 Å². The zero-order valence-corrected chi connectivity index (χ0v) is 13.0. The predicted octanol–water partition coefficient (Wildman–Crippen LogP) is -0.0564. The average molecular weight is 306 g/mol. The molecule has 0 radical (unpaired) electrons. The smallest absolute Gasteiger partial charge is 0.220 e. The lowest BCUT2D eigenvalue weighted by atomic mass is 9.93. The average Bonchev–Trinajstić information content (AvgIpc) is 2.40. The third kappa shape index (κ3) is 9.28. The molecular weight excluding hydrogens is 280 g/mol. The van der Waals surface area contributed by atoms with E-state index in [9.17, 15) is 13.2 Å². The van der Waals surface area contributed by atoms with Crippen LogP contribution >= 0.6 is 0 Å². The lowest BCUT2D eigenvalue weighted by Gasteiger charge is -2.22. The van der Waals surface area contributed by atoms with Crippen LogP contribution in [0.1, 0.15) is 25.7 Å². The summed E-state index contributed by atoms with van der Waals surface area (Å²) in [6.45, 7) is 3.09. The van der Waals surface area contributed by atoms with Crippen molar-refractivity contribution in [1.29, 1.82) is 0 Å². The van der Waals surface area contributed by atoms with E-state index in [1.165, 1.54) is 6.26 Å². The number of rotatable bonds is 9. The van der Waals surface area contributed by atoms with Gasteiger partial charge in [0.2, 0.25) is 5.91 Å². The summed E-state index contributed by atoms with van der Waals surface area (Å²) < 4.78 is 26.9. The van der Waals surface area contributed by atoms with E-state index >= 15 is 0 Å². The van der Waals surface area contributed by atoms with Gasteiger partial charge in [0.1, 0.15) is 9.84 Å². The van der Waals surface area contributed by atoms with Gasteiger partial charge in [-0.15, -0.1) is 0 Å². The first-order valence-electron chi connectivity index (χ1n) is 7.20. The second-order valence-electron chi connectivity index (χ2n) is 5.32. The molecule has 1 aliphatic rings. The Labute approximate surface area is 121 Å². The molecule has 0 aromatic carbocycles. The number of carbonyl (C=O) groups excluding carboxylic acids is 1. The Balaban J connectivity index is 1.94. The van der Waals surface area contributed by atoms with E-state index in [1.54, 1.807) is 0 Å². The van der Waals surface area contributed by atoms with Crippen LogP contribution in [0.15, 0.2) is 0 Å². The molecule has 7 heteroatoms. The van der Waals surface area contributed by atoms with E-state index in [0.29, 0.717) is 25.5 Å². The number of sulfone groups is 1. The largest absolute Gasteiger partial charge is 0.379 e. The second-order valence-corrected chi connectivity index (χ2v) is 7.58. The van der Waals surface area contributed by atoms with Gasteiger partial charge in [-0.05, 0) is 38.3 Å². The van der Waals surface area contributed by atoms with Gasteiger partial charge in [-0.25, -0.2) is 8.42 Å². The van der Waals surface area contributed by atoms with E-state index < -0.39 is 9.84 Å². The molecule has 0 saturated carbocycles. The Kier molecular flexibility index (Phi) is 8.09. The van der Waals surface area contributed by atoms with Crippen LogP contribution in [0, 0.1) is 5.92 Å². The van der Waals surface area contributed by atoms with Gasteiger partial charge in [0, 0.05) is 19.2 Å². The number of hydrogen-bond acceptors (Lipinski definition) is 5. The molecule has 6 nitrogen and oxygen atoms in total. The highest BCUT2D eigenvalue weighted by molar-refractivity contribution is 7.90. The van der Waals surface area contributed by atoms with Gasteiger partial charge in [-0.1, -0.05) is 0 Å². The molecule has 0 atom stereocenters. The van der Waals surface area contributed by atoms with Crippen molar-refractivity contribution in [3.8, 4) is 0 Å². The van der Waals surface area contributed by atoms with Crippen LogP contribution in [0.25, 0.3) is 0 Å². The Bertz CT molecular complexity index is 378. The Hall–Kier alpha value is -0.660. The van der Waals surface area contributed by atoms with Crippen LogP contribution in [0.4, 0.5) is 0 Å². The number of hydrogen-bond donors (Lipinski definition) is 2. The molecule has 0 aromatic rings. The highest BCUT2D eigenvalue weighted by Gasteiger charge is 2.14. The SMILES string of the molecule is CS(=O)(=O)CCOCCNC(=O)CCC1CCNCC1. The van der Waals surface area contributed by atoms with Gasteiger partial charge >= 0.3 is 0 Å². The highest BCUT2D eigenvalue weighted by Crippen LogP contribution is 2.17. The summed E-state index contributed by atoms with van der Waals surface area (Å²) in [6, 6.07) is 0. The monoisotopic (exact) mass is 306 g/mol. The van der Waals surface area contributed by atoms with Crippen molar-refractivity contribution < 1.29 is 17.9 Å². The van der Waals surface area contributed by atoms with Crippen LogP contribution in [-0.2, 0) is 19.4 Å². The number of carbonyl (C=O) groups is 1.